The van der Waals surface area contributed by atoms with Crippen molar-refractivity contribution < 1.29 is 18.7 Å². The van der Waals surface area contributed by atoms with Gasteiger partial charge in [0.1, 0.15) is 17.3 Å². The van der Waals surface area contributed by atoms with E-state index in [-0.39, 0.29) is 11.7 Å². The molecule has 1 aliphatic heterocycles. The number of rotatable bonds is 9. The maximum atomic E-state index is 13.6. The first-order chi connectivity index (χ1) is 18.4. The first kappa shape index (κ1) is 26.6. The van der Waals surface area contributed by atoms with Crippen molar-refractivity contribution in [1.29, 1.82) is 5.26 Å². The molecule has 2 amide bonds. The van der Waals surface area contributed by atoms with Crippen LogP contribution < -0.4 is 20.7 Å². The highest BCUT2D eigenvalue weighted by Gasteiger charge is 2.37. The Kier molecular flexibility index (Phi) is 8.56. The van der Waals surface area contributed by atoms with E-state index in [1.54, 1.807) is 44.2 Å². The summed E-state index contributed by atoms with van der Waals surface area (Å²) in [5.41, 5.74) is 2.71. The van der Waals surface area contributed by atoms with Crippen LogP contribution in [-0.2, 0) is 16.1 Å². The highest BCUT2D eigenvalue weighted by atomic mass is 32.2. The summed E-state index contributed by atoms with van der Waals surface area (Å²) < 4.78 is 11.3. The number of hydrogen-bond donors (Lipinski definition) is 3. The molecule has 1 aromatic heterocycles. The Morgan fingerprint density at radius 3 is 2.50 bits per heavy atom. The molecule has 1 aliphatic rings. The molecule has 2 aromatic carbocycles. The fourth-order valence-electron chi connectivity index (χ4n) is 4.14. The van der Waals surface area contributed by atoms with Crippen LogP contribution in [0, 0.1) is 18.3 Å². The van der Waals surface area contributed by atoms with Crippen molar-refractivity contribution >= 4 is 29.3 Å². The Hall–Kier alpha value is -4.42. The van der Waals surface area contributed by atoms with Crippen molar-refractivity contribution in [3.05, 3.63) is 106 Å². The molecule has 0 saturated carbocycles. The van der Waals surface area contributed by atoms with Gasteiger partial charge in [-0.1, -0.05) is 54.2 Å². The normalized spacial score (nSPS) is 14.9. The van der Waals surface area contributed by atoms with Crippen LogP contribution in [0.1, 0.15) is 29.9 Å². The predicted octanol–water partition coefficient (Wildman–Crippen LogP) is 4.98. The first-order valence-corrected chi connectivity index (χ1v) is 13.0. The highest BCUT2D eigenvalue weighted by Crippen LogP contribution is 2.41. The lowest BCUT2D eigenvalue weighted by Gasteiger charge is -2.28. The van der Waals surface area contributed by atoms with Gasteiger partial charge < -0.3 is 25.1 Å². The van der Waals surface area contributed by atoms with Crippen molar-refractivity contribution in [3.63, 3.8) is 0 Å². The maximum absolute atomic E-state index is 13.6. The van der Waals surface area contributed by atoms with Crippen LogP contribution in [0.2, 0.25) is 0 Å². The quantitative estimate of drug-likeness (QED) is 0.359. The lowest BCUT2D eigenvalue weighted by molar-refractivity contribution is -0.118. The van der Waals surface area contributed by atoms with Gasteiger partial charge in [-0.3, -0.25) is 9.59 Å². The Bertz CT molecular complexity index is 1440. The number of thioether (sulfide) groups is 1. The largest absolute Gasteiger partial charge is 0.495 e. The van der Waals surface area contributed by atoms with Crippen LogP contribution in [0.5, 0.6) is 5.75 Å². The van der Waals surface area contributed by atoms with E-state index in [9.17, 15) is 14.9 Å². The van der Waals surface area contributed by atoms with Gasteiger partial charge in [0.05, 0.1) is 46.7 Å². The summed E-state index contributed by atoms with van der Waals surface area (Å²) in [6, 6.07) is 22.5. The lowest BCUT2D eigenvalue weighted by Crippen LogP contribution is -2.31. The molecule has 2 heterocycles. The first-order valence-electron chi connectivity index (χ1n) is 12.0. The fourth-order valence-corrected chi connectivity index (χ4v) is 5.07. The standard InChI is InChI=1S/C29H28N4O4S/c1-18-13-14-24(37-18)27-21(15-30)29(38-17-25(34)31-16-20-9-5-4-6-10-20)32-19(2)26(27)28(35)33-22-11-7-8-12-23(22)36-3/h4-14,27,32H,16-17H2,1-3H3,(H,31,34)(H,33,35)/t27-/m0/s1. The number of nitrogens with zero attached hydrogens (tertiary/aromatic N) is 1. The molecule has 0 saturated heterocycles. The molecule has 194 valence electrons. The van der Waals surface area contributed by atoms with E-state index in [4.69, 9.17) is 9.15 Å². The van der Waals surface area contributed by atoms with Crippen LogP contribution in [0.15, 0.2) is 93.0 Å². The van der Waals surface area contributed by atoms with Gasteiger partial charge in [0.25, 0.3) is 5.91 Å². The van der Waals surface area contributed by atoms with Gasteiger partial charge in [0, 0.05) is 12.2 Å². The summed E-state index contributed by atoms with van der Waals surface area (Å²) in [7, 11) is 1.53. The number of furan rings is 1. The number of nitriles is 1. The van der Waals surface area contributed by atoms with E-state index in [1.807, 2.05) is 36.4 Å². The number of ether oxygens (including phenoxy) is 1. The average Bonchev–Trinajstić information content (AvgIpc) is 3.36. The molecule has 8 nitrogen and oxygen atoms in total. The maximum Gasteiger partial charge on any atom is 0.254 e. The zero-order valence-corrected chi connectivity index (χ0v) is 22.1. The second kappa shape index (κ2) is 12.2. The molecule has 1 atom stereocenters. The number of carbonyl (C=O) groups excluding carboxylic acids is 2. The minimum absolute atomic E-state index is 0.0975. The van der Waals surface area contributed by atoms with Crippen molar-refractivity contribution in [1.82, 2.24) is 10.6 Å². The van der Waals surface area contributed by atoms with Gasteiger partial charge in [0.2, 0.25) is 5.91 Å². The molecule has 0 aliphatic carbocycles. The second-order valence-corrected chi connectivity index (χ2v) is 9.59. The van der Waals surface area contributed by atoms with E-state index in [2.05, 4.69) is 22.0 Å². The van der Waals surface area contributed by atoms with Gasteiger partial charge in [-0.2, -0.15) is 5.26 Å². The van der Waals surface area contributed by atoms with Crippen LogP contribution in [0.3, 0.4) is 0 Å². The molecule has 0 spiro atoms. The number of carbonyl (C=O) groups is 2. The number of hydrogen-bond acceptors (Lipinski definition) is 7. The van der Waals surface area contributed by atoms with Crippen molar-refractivity contribution in [2.45, 2.75) is 26.3 Å². The molecule has 3 aromatic rings. The molecule has 3 N–H and O–H groups in total. The van der Waals surface area contributed by atoms with Crippen molar-refractivity contribution in [2.24, 2.45) is 0 Å². The topological polar surface area (TPSA) is 116 Å². The fraction of sp³-hybridized carbons (Fsp3) is 0.207. The highest BCUT2D eigenvalue weighted by molar-refractivity contribution is 8.03. The van der Waals surface area contributed by atoms with Gasteiger partial charge in [0.15, 0.2) is 0 Å². The van der Waals surface area contributed by atoms with Crippen LogP contribution in [0.25, 0.3) is 0 Å². The lowest BCUT2D eigenvalue weighted by atomic mass is 9.85. The van der Waals surface area contributed by atoms with Crippen LogP contribution >= 0.6 is 11.8 Å². The number of allylic oxidation sites excluding steroid dienone is 2. The predicted molar refractivity (Wildman–Crippen MR) is 147 cm³/mol. The van der Waals surface area contributed by atoms with E-state index in [0.717, 1.165) is 5.56 Å². The monoisotopic (exact) mass is 528 g/mol. The number of amides is 2. The minimum atomic E-state index is -0.750. The minimum Gasteiger partial charge on any atom is -0.495 e. The Balaban J connectivity index is 1.58. The average molecular weight is 529 g/mol. The third kappa shape index (κ3) is 6.10. The van der Waals surface area contributed by atoms with Gasteiger partial charge in [-0.05, 0) is 43.7 Å². The van der Waals surface area contributed by atoms with Gasteiger partial charge >= 0.3 is 0 Å². The van der Waals surface area contributed by atoms with E-state index in [0.29, 0.717) is 51.4 Å². The molecule has 9 heteroatoms. The van der Waals surface area contributed by atoms with Crippen molar-refractivity contribution in [2.75, 3.05) is 18.2 Å². The number of aryl methyl sites for hydroxylation is 1. The van der Waals surface area contributed by atoms with Gasteiger partial charge in [-0.15, -0.1) is 0 Å². The number of benzene rings is 2. The Morgan fingerprint density at radius 2 is 1.82 bits per heavy atom. The summed E-state index contributed by atoms with van der Waals surface area (Å²) >= 11 is 1.21. The van der Waals surface area contributed by atoms with E-state index >= 15 is 0 Å². The summed E-state index contributed by atoms with van der Waals surface area (Å²) in [4.78, 5) is 26.1. The number of nitrogens with one attached hydrogen (secondary N) is 3. The molecule has 4 rings (SSSR count). The molecular formula is C29H28N4O4S. The molecule has 0 radical (unpaired) electrons. The molecule has 38 heavy (non-hydrogen) atoms. The third-order valence-electron chi connectivity index (χ3n) is 5.97. The summed E-state index contributed by atoms with van der Waals surface area (Å²) in [5.74, 6) is 0.430. The van der Waals surface area contributed by atoms with Crippen molar-refractivity contribution in [3.8, 4) is 11.8 Å². The SMILES string of the molecule is COc1ccccc1NC(=O)C1=C(C)NC(SCC(=O)NCc2ccccc2)=C(C#N)[C@H]1c1ccc(C)o1. The zero-order valence-electron chi connectivity index (χ0n) is 21.3. The summed E-state index contributed by atoms with van der Waals surface area (Å²) in [6.45, 7) is 3.99. The summed E-state index contributed by atoms with van der Waals surface area (Å²) in [6.07, 6.45) is 0. The second-order valence-electron chi connectivity index (χ2n) is 8.61. The Labute approximate surface area is 225 Å². The molecule has 0 bridgehead atoms. The molecular weight excluding hydrogens is 500 g/mol. The van der Waals surface area contributed by atoms with Crippen LogP contribution in [-0.4, -0.2) is 24.7 Å². The zero-order chi connectivity index (χ0) is 27.1. The third-order valence-corrected chi connectivity index (χ3v) is 6.99. The smallest absolute Gasteiger partial charge is 0.254 e. The van der Waals surface area contributed by atoms with Crippen LogP contribution in [0.4, 0.5) is 5.69 Å². The number of dihydropyridines is 1. The summed E-state index contributed by atoms with van der Waals surface area (Å²) in [5, 5.41) is 19.7. The van der Waals surface area contributed by atoms with E-state index < -0.39 is 11.8 Å². The van der Waals surface area contributed by atoms with Gasteiger partial charge in [-0.25, -0.2) is 0 Å². The van der Waals surface area contributed by atoms with E-state index in [1.165, 1.54) is 18.9 Å². The number of para-hydroxylation sites is 2. The molecule has 0 fully saturated rings. The molecule has 0 unspecified atom stereocenters. The number of anilines is 1. The number of methoxy groups -OCH3 is 1. The Morgan fingerprint density at radius 1 is 1.08 bits per heavy atom.